The molecule has 2 fully saturated rings. The molecule has 9 atom stereocenters. The van der Waals surface area contributed by atoms with E-state index in [0.29, 0.717) is 0 Å². The van der Waals surface area contributed by atoms with Crippen LogP contribution in [0.1, 0.15) is 25.8 Å². The number of anilines is 2. The molecule has 0 amide bonds. The van der Waals surface area contributed by atoms with Crippen molar-refractivity contribution >= 4 is 52.4 Å². The van der Waals surface area contributed by atoms with E-state index < -0.39 is 66.9 Å². The zero-order valence-corrected chi connectivity index (χ0v) is 24.0. The summed E-state index contributed by atoms with van der Waals surface area (Å²) in [6, 6.07) is 0. The Kier molecular flexibility index (Phi) is 7.47. The molecule has 0 bridgehead atoms. The molecule has 21 heteroatoms. The van der Waals surface area contributed by atoms with Crippen molar-refractivity contribution in [3.05, 3.63) is 29.3 Å². The summed E-state index contributed by atoms with van der Waals surface area (Å²) in [5, 5.41) is 31.5. The Bertz CT molecular complexity index is 1790. The topological polar surface area (TPSA) is 268 Å². The lowest BCUT2D eigenvalue weighted by Gasteiger charge is -2.31. The first-order valence-electron chi connectivity index (χ1n) is 12.9. The Balaban J connectivity index is 1.21. The molecule has 43 heavy (non-hydrogen) atoms. The highest BCUT2D eigenvalue weighted by molar-refractivity contribution is 8.09. The highest BCUT2D eigenvalue weighted by Gasteiger charge is 2.55. The van der Waals surface area contributed by atoms with Gasteiger partial charge < -0.3 is 45.7 Å². The minimum absolute atomic E-state index is 0.0499. The number of aromatic amines is 1. The van der Waals surface area contributed by atoms with Gasteiger partial charge >= 0.3 is 0 Å². The number of alkyl halides is 1. The number of aromatic nitrogens is 8. The predicted octanol–water partition coefficient (Wildman–Crippen LogP) is -1.56. The maximum Gasteiger partial charge on any atom is 0.280 e. The lowest BCUT2D eigenvalue weighted by Crippen LogP contribution is -2.41. The van der Waals surface area contributed by atoms with E-state index in [0.717, 1.165) is 6.33 Å². The van der Waals surface area contributed by atoms with E-state index in [1.54, 1.807) is 0 Å². The lowest BCUT2D eigenvalue weighted by molar-refractivity contribution is -0.0999. The summed E-state index contributed by atoms with van der Waals surface area (Å²) in [4.78, 5) is 46.1. The zero-order valence-electron chi connectivity index (χ0n) is 22.3. The highest BCUT2D eigenvalue weighted by atomic mass is 32.5. The van der Waals surface area contributed by atoms with Crippen molar-refractivity contribution < 1.29 is 38.6 Å². The average Bonchev–Trinajstić information content (AvgIpc) is 3.70. The van der Waals surface area contributed by atoms with Gasteiger partial charge in [0.25, 0.3) is 5.56 Å². The maximum atomic E-state index is 15.6. The predicted molar refractivity (Wildman–Crippen MR) is 150 cm³/mol. The molecule has 6 heterocycles. The van der Waals surface area contributed by atoms with Crippen LogP contribution in [0.3, 0.4) is 0 Å². The average molecular weight is 643 g/mol. The number of nitrogen functional groups attached to an aromatic ring is 2. The molecule has 4 aromatic heterocycles. The first-order valence-corrected chi connectivity index (χ1v) is 15.7. The Morgan fingerprint density at radius 2 is 1.86 bits per heavy atom. The van der Waals surface area contributed by atoms with Crippen LogP contribution in [0.5, 0.6) is 0 Å². The van der Waals surface area contributed by atoms with E-state index in [1.807, 2.05) is 0 Å². The zero-order chi connectivity index (χ0) is 30.8. The van der Waals surface area contributed by atoms with E-state index >= 15 is 4.39 Å². The molecule has 0 spiro atoms. The highest BCUT2D eigenvalue weighted by Crippen LogP contribution is 2.58. The quantitative estimate of drug-likeness (QED) is 0.107. The van der Waals surface area contributed by atoms with Gasteiger partial charge in [-0.05, 0) is 18.7 Å². The van der Waals surface area contributed by atoms with Crippen molar-refractivity contribution in [3.8, 4) is 0 Å². The van der Waals surface area contributed by atoms with Gasteiger partial charge in [0.15, 0.2) is 41.6 Å². The molecule has 2 aliphatic rings. The van der Waals surface area contributed by atoms with E-state index in [1.165, 1.54) is 28.7 Å². The summed E-state index contributed by atoms with van der Waals surface area (Å²) in [5.74, 6) is -0.104. The second-order valence-corrected chi connectivity index (χ2v) is 14.0. The van der Waals surface area contributed by atoms with Crippen molar-refractivity contribution in [3.63, 3.8) is 0 Å². The fraction of sp³-hybridized carbons (Fsp3) is 0.545. The summed E-state index contributed by atoms with van der Waals surface area (Å²) in [7, 11) is 0. The number of aliphatic hydroxyl groups is 3. The molecule has 232 valence electrons. The normalized spacial score (nSPS) is 32.6. The van der Waals surface area contributed by atoms with Gasteiger partial charge in [-0.15, -0.1) is 0 Å². The van der Waals surface area contributed by atoms with Crippen LogP contribution in [0.2, 0.25) is 0 Å². The van der Waals surface area contributed by atoms with Crippen LogP contribution in [-0.2, 0) is 25.8 Å². The van der Waals surface area contributed by atoms with Gasteiger partial charge in [0.2, 0.25) is 5.95 Å². The van der Waals surface area contributed by atoms with Crippen LogP contribution < -0.4 is 17.0 Å². The molecule has 0 aromatic carbocycles. The number of aliphatic hydroxyl groups excluding tert-OH is 3. The molecule has 9 N–H and O–H groups in total. The van der Waals surface area contributed by atoms with Crippen LogP contribution in [0, 0.1) is 0 Å². The van der Waals surface area contributed by atoms with Crippen molar-refractivity contribution in [1.82, 2.24) is 39.0 Å². The number of fused-ring (bicyclic) bond motifs is 2. The lowest BCUT2D eigenvalue weighted by atomic mass is 9.94. The number of hydrogen-bond donors (Lipinski definition) is 7. The largest absolute Gasteiger partial charge is 0.394 e. The number of rotatable bonds is 8. The number of hydrogen-bond acceptors (Lipinski definition) is 15. The summed E-state index contributed by atoms with van der Waals surface area (Å²) in [5.41, 5.74) is 8.35. The van der Waals surface area contributed by atoms with E-state index in [-0.39, 0.29) is 47.1 Å². The van der Waals surface area contributed by atoms with Crippen LogP contribution in [0.15, 0.2) is 23.8 Å². The second kappa shape index (κ2) is 10.8. The fourth-order valence-electron chi connectivity index (χ4n) is 5.44. The molecule has 2 saturated heterocycles. The van der Waals surface area contributed by atoms with E-state index in [2.05, 4.69) is 29.9 Å². The first kappa shape index (κ1) is 29.9. The molecule has 0 radical (unpaired) electrons. The van der Waals surface area contributed by atoms with Crippen molar-refractivity contribution in [1.29, 1.82) is 0 Å². The van der Waals surface area contributed by atoms with Crippen molar-refractivity contribution in [2.45, 2.75) is 61.5 Å². The second-order valence-electron chi connectivity index (χ2n) is 10.4. The number of H-pyrrole nitrogens is 1. The van der Waals surface area contributed by atoms with Crippen LogP contribution in [0.25, 0.3) is 22.3 Å². The Morgan fingerprint density at radius 1 is 1.16 bits per heavy atom. The number of imidazole rings is 2. The molecule has 0 saturated carbocycles. The van der Waals surface area contributed by atoms with Gasteiger partial charge in [0.1, 0.15) is 42.0 Å². The maximum absolute atomic E-state index is 15.6. The minimum atomic E-state index is -4.09. The molecule has 4 aromatic rings. The van der Waals surface area contributed by atoms with E-state index in [9.17, 15) is 25.0 Å². The number of nitrogens with zero attached hydrogens (tertiary/aromatic N) is 7. The molecule has 1 unspecified atom stereocenters. The fourth-order valence-corrected chi connectivity index (χ4v) is 7.94. The third-order valence-corrected chi connectivity index (χ3v) is 10.6. The standard InChI is InChI=1S/C22H28FN10O8PS/c1-22(14(36)12(35)19(41-22)32-6-28-10-15(24)26-5-27-16(10)32)2-3-39-42(38,43)13-9(23)8(4-34)40-20(13)33-7-29-11-17(33)30-21(25)31-18(11)37/h5-9,12-14,19-20,34-36H,2-4H2,1H3,(H,38,43)(H2,24,26,27)(H3,25,30,31,37)/t8-,9-,12-,13-,14+,19-,20-,22-,42?/m1/s1. The summed E-state index contributed by atoms with van der Waals surface area (Å²) >= 11 is 5.39. The van der Waals surface area contributed by atoms with Gasteiger partial charge in [0.05, 0.1) is 31.5 Å². The molecule has 18 nitrogen and oxygen atoms in total. The summed E-state index contributed by atoms with van der Waals surface area (Å²) < 4.78 is 35.6. The van der Waals surface area contributed by atoms with Gasteiger partial charge in [-0.3, -0.25) is 18.9 Å². The van der Waals surface area contributed by atoms with Crippen molar-refractivity contribution in [2.24, 2.45) is 0 Å². The third-order valence-electron chi connectivity index (χ3n) is 7.74. The molecule has 0 aliphatic carbocycles. The molecule has 6 rings (SSSR count). The number of nitrogens with one attached hydrogen (secondary N) is 1. The smallest absolute Gasteiger partial charge is 0.280 e. The SMILES string of the molecule is C[C@]1(CCOP(O)(=S)[C@@H]2[C@H](F)[C@@H](CO)O[C@H]2n2cnc3c(=O)[nH]c(N)nc32)O[C@@H](n2cnc3c(N)ncnc32)[C@H](O)[C@@H]1O. The van der Waals surface area contributed by atoms with Crippen molar-refractivity contribution in [2.75, 3.05) is 24.7 Å². The van der Waals surface area contributed by atoms with Crippen LogP contribution >= 0.6 is 6.49 Å². The Hall–Kier alpha value is -3.20. The van der Waals surface area contributed by atoms with Gasteiger partial charge in [0, 0.05) is 6.42 Å². The van der Waals surface area contributed by atoms with Gasteiger partial charge in [-0.2, -0.15) is 4.98 Å². The Morgan fingerprint density at radius 3 is 2.58 bits per heavy atom. The van der Waals surface area contributed by atoms with Gasteiger partial charge in [-0.25, -0.2) is 24.3 Å². The molecule has 2 aliphatic heterocycles. The first-order chi connectivity index (χ1) is 20.4. The monoisotopic (exact) mass is 642 g/mol. The van der Waals surface area contributed by atoms with Crippen LogP contribution in [0.4, 0.5) is 16.2 Å². The van der Waals surface area contributed by atoms with Crippen LogP contribution in [-0.4, -0.2) is 108 Å². The number of ether oxygens (including phenoxy) is 2. The van der Waals surface area contributed by atoms with Gasteiger partial charge in [-0.1, -0.05) is 0 Å². The molecular weight excluding hydrogens is 614 g/mol. The number of halogens is 1. The molecular formula is C22H28FN10O8PS. The Labute approximate surface area is 245 Å². The number of nitrogens with two attached hydrogens (primary N) is 2. The minimum Gasteiger partial charge on any atom is -0.394 e. The van der Waals surface area contributed by atoms with E-state index in [4.69, 9.17) is 37.3 Å². The summed E-state index contributed by atoms with van der Waals surface area (Å²) in [6.45, 7) is -3.61. The third kappa shape index (κ3) is 4.88. The summed E-state index contributed by atoms with van der Waals surface area (Å²) in [6.07, 6.45) is -5.01.